The van der Waals surface area contributed by atoms with Gasteiger partial charge in [-0.3, -0.25) is 9.59 Å². The summed E-state index contributed by atoms with van der Waals surface area (Å²) in [7, 11) is 0. The number of carbonyl (C=O) groups excluding carboxylic acids is 2. The summed E-state index contributed by atoms with van der Waals surface area (Å²) in [5.74, 6) is -0.602. The zero-order valence-corrected chi connectivity index (χ0v) is 16.9. The highest BCUT2D eigenvalue weighted by Crippen LogP contribution is 2.41. The Balaban J connectivity index is 1.64. The van der Waals surface area contributed by atoms with Gasteiger partial charge in [0.1, 0.15) is 18.1 Å². The third-order valence-electron chi connectivity index (χ3n) is 4.81. The van der Waals surface area contributed by atoms with Crippen molar-refractivity contribution in [2.45, 2.75) is 13.5 Å². The highest BCUT2D eigenvalue weighted by atomic mass is 35.5. The van der Waals surface area contributed by atoms with Crippen LogP contribution in [0.15, 0.2) is 72.8 Å². The smallest absolute Gasteiger partial charge is 0.269 e. The van der Waals surface area contributed by atoms with Crippen LogP contribution in [-0.2, 0) is 16.2 Å². The maximum absolute atomic E-state index is 12.9. The average Bonchev–Trinajstić information content (AvgIpc) is 3.04. The van der Waals surface area contributed by atoms with Gasteiger partial charge in [-0.1, -0.05) is 48.0 Å². The fourth-order valence-electron chi connectivity index (χ4n) is 3.37. The molecule has 6 heteroatoms. The molecule has 4 rings (SSSR count). The molecule has 1 N–H and O–H groups in total. The molecular formula is C24H18ClNO4. The zero-order chi connectivity index (χ0) is 21.3. The number of anilines is 1. The second-order valence-corrected chi connectivity index (χ2v) is 7.28. The van der Waals surface area contributed by atoms with Gasteiger partial charge < -0.3 is 9.84 Å². The Morgan fingerprint density at radius 2 is 1.73 bits per heavy atom. The van der Waals surface area contributed by atoms with E-state index in [0.29, 0.717) is 34.2 Å². The first-order valence-electron chi connectivity index (χ1n) is 9.31. The Kier molecular flexibility index (Phi) is 5.29. The molecule has 0 unspecified atom stereocenters. The molecular weight excluding hydrogens is 402 g/mol. The quantitative estimate of drug-likeness (QED) is 0.464. The van der Waals surface area contributed by atoms with Crippen LogP contribution in [0, 0.1) is 0 Å². The summed E-state index contributed by atoms with van der Waals surface area (Å²) in [6.07, 6.45) is 0. The Labute approximate surface area is 178 Å². The van der Waals surface area contributed by atoms with Gasteiger partial charge in [0.05, 0.1) is 11.3 Å². The molecule has 0 atom stereocenters. The number of nitrogens with zero attached hydrogens (tertiary/aromatic N) is 1. The van der Waals surface area contributed by atoms with Crippen LogP contribution in [0.25, 0.3) is 11.3 Å². The van der Waals surface area contributed by atoms with Crippen LogP contribution in [0.4, 0.5) is 5.69 Å². The number of halogens is 1. The van der Waals surface area contributed by atoms with E-state index in [9.17, 15) is 14.7 Å². The molecule has 3 aromatic rings. The van der Waals surface area contributed by atoms with E-state index in [4.69, 9.17) is 16.3 Å². The van der Waals surface area contributed by atoms with E-state index in [1.54, 1.807) is 36.4 Å². The monoisotopic (exact) mass is 419 g/mol. The van der Waals surface area contributed by atoms with E-state index in [2.05, 4.69) is 0 Å². The van der Waals surface area contributed by atoms with Crippen molar-refractivity contribution in [2.75, 3.05) is 4.90 Å². The Morgan fingerprint density at radius 3 is 2.40 bits per heavy atom. The summed E-state index contributed by atoms with van der Waals surface area (Å²) in [6, 6.07) is 21.3. The van der Waals surface area contributed by atoms with Gasteiger partial charge in [0, 0.05) is 23.1 Å². The first-order chi connectivity index (χ1) is 14.5. The van der Waals surface area contributed by atoms with Crippen LogP contribution < -0.4 is 9.64 Å². The molecule has 1 aliphatic heterocycles. The van der Waals surface area contributed by atoms with Gasteiger partial charge in [-0.2, -0.15) is 0 Å². The normalized spacial score (nSPS) is 14.5. The molecule has 0 fully saturated rings. The maximum Gasteiger partial charge on any atom is 0.269 e. The van der Waals surface area contributed by atoms with Gasteiger partial charge in [0.15, 0.2) is 0 Å². The summed E-state index contributed by atoms with van der Waals surface area (Å²) < 4.78 is 5.76. The topological polar surface area (TPSA) is 66.8 Å². The summed E-state index contributed by atoms with van der Waals surface area (Å²) in [5, 5.41) is 11.2. The minimum Gasteiger partial charge on any atom is -0.506 e. The number of hydrogen-bond donors (Lipinski definition) is 1. The third kappa shape index (κ3) is 3.67. The van der Waals surface area contributed by atoms with Gasteiger partial charge in [-0.15, -0.1) is 0 Å². The lowest BCUT2D eigenvalue weighted by atomic mass is 10.0. The highest BCUT2D eigenvalue weighted by molar-refractivity contribution is 6.43. The summed E-state index contributed by atoms with van der Waals surface area (Å²) in [6.45, 7) is 1.72. The first-order valence-corrected chi connectivity index (χ1v) is 9.69. The minimum absolute atomic E-state index is 0.0646. The number of rotatable bonds is 4. The van der Waals surface area contributed by atoms with Crippen molar-refractivity contribution in [3.05, 3.63) is 94.5 Å². The van der Waals surface area contributed by atoms with Gasteiger partial charge in [0.2, 0.25) is 5.91 Å². The summed E-state index contributed by atoms with van der Waals surface area (Å²) in [5.41, 5.74) is 2.38. The maximum atomic E-state index is 12.9. The molecule has 0 saturated carbocycles. The van der Waals surface area contributed by atoms with E-state index in [0.717, 1.165) is 10.5 Å². The van der Waals surface area contributed by atoms with Crippen molar-refractivity contribution in [1.82, 2.24) is 0 Å². The number of aliphatic hydroxyl groups is 1. The third-order valence-corrected chi connectivity index (χ3v) is 5.05. The zero-order valence-electron chi connectivity index (χ0n) is 16.1. The molecule has 0 spiro atoms. The van der Waals surface area contributed by atoms with Crippen LogP contribution >= 0.6 is 11.6 Å². The van der Waals surface area contributed by atoms with Crippen molar-refractivity contribution in [3.63, 3.8) is 0 Å². The van der Waals surface area contributed by atoms with Crippen LogP contribution in [0.5, 0.6) is 5.75 Å². The Morgan fingerprint density at radius 1 is 1.03 bits per heavy atom. The number of fused-ring (bicyclic) bond motifs is 1. The molecule has 0 aliphatic carbocycles. The molecule has 0 saturated heterocycles. The second-order valence-electron chi connectivity index (χ2n) is 6.84. The number of imide groups is 1. The fourth-order valence-corrected chi connectivity index (χ4v) is 3.54. The molecule has 150 valence electrons. The van der Waals surface area contributed by atoms with E-state index < -0.39 is 11.8 Å². The Hall–Kier alpha value is -3.57. The number of ether oxygens (including phenoxy) is 1. The molecule has 1 aliphatic rings. The van der Waals surface area contributed by atoms with Gasteiger partial charge in [-0.25, -0.2) is 4.90 Å². The minimum atomic E-state index is -0.582. The van der Waals surface area contributed by atoms with Crippen LogP contribution in [0.3, 0.4) is 0 Å². The number of carbonyl (C=O) groups is 2. The lowest BCUT2D eigenvalue weighted by Crippen LogP contribution is -2.31. The van der Waals surface area contributed by atoms with E-state index in [1.165, 1.54) is 13.0 Å². The lowest BCUT2D eigenvalue weighted by Gasteiger charge is -2.12. The SMILES string of the molecule is CC(=O)N1C(=O)C(=C(O)c2ccc(OCc3ccccc3)cc2)c2ccc(Cl)cc21. The van der Waals surface area contributed by atoms with Crippen molar-refractivity contribution < 1.29 is 19.4 Å². The largest absolute Gasteiger partial charge is 0.506 e. The predicted molar refractivity (Wildman–Crippen MR) is 116 cm³/mol. The number of amides is 2. The average molecular weight is 420 g/mol. The van der Waals surface area contributed by atoms with E-state index in [-0.39, 0.29) is 11.3 Å². The predicted octanol–water partition coefficient (Wildman–Crippen LogP) is 5.24. The van der Waals surface area contributed by atoms with Crippen molar-refractivity contribution in [2.24, 2.45) is 0 Å². The molecule has 0 bridgehead atoms. The van der Waals surface area contributed by atoms with Crippen molar-refractivity contribution >= 4 is 40.4 Å². The molecule has 0 aromatic heterocycles. The van der Waals surface area contributed by atoms with Crippen LogP contribution in [0.1, 0.15) is 23.6 Å². The second kappa shape index (κ2) is 8.05. The fraction of sp³-hybridized carbons (Fsp3) is 0.0833. The number of aliphatic hydroxyl groups excluding tert-OH is 1. The standard InChI is InChI=1S/C24H18ClNO4/c1-15(27)26-21-13-18(25)9-12-20(21)22(24(26)29)23(28)17-7-10-19(11-8-17)30-14-16-5-3-2-4-6-16/h2-13,28H,14H2,1H3. The number of hydrogen-bond acceptors (Lipinski definition) is 4. The van der Waals surface area contributed by atoms with Gasteiger partial charge in [0.25, 0.3) is 5.91 Å². The van der Waals surface area contributed by atoms with E-state index >= 15 is 0 Å². The molecule has 0 radical (unpaired) electrons. The van der Waals surface area contributed by atoms with Crippen molar-refractivity contribution in [1.29, 1.82) is 0 Å². The van der Waals surface area contributed by atoms with Gasteiger partial charge >= 0.3 is 0 Å². The van der Waals surface area contributed by atoms with Crippen molar-refractivity contribution in [3.8, 4) is 5.75 Å². The van der Waals surface area contributed by atoms with Crippen LogP contribution in [0.2, 0.25) is 5.02 Å². The lowest BCUT2D eigenvalue weighted by molar-refractivity contribution is -0.122. The highest BCUT2D eigenvalue weighted by Gasteiger charge is 2.37. The van der Waals surface area contributed by atoms with Crippen LogP contribution in [-0.4, -0.2) is 16.9 Å². The molecule has 2 amide bonds. The Bertz CT molecular complexity index is 1150. The summed E-state index contributed by atoms with van der Waals surface area (Å²) in [4.78, 5) is 25.9. The van der Waals surface area contributed by atoms with Gasteiger partial charge in [-0.05, 0) is 42.0 Å². The molecule has 1 heterocycles. The first kappa shape index (κ1) is 19.7. The molecule has 5 nitrogen and oxygen atoms in total. The molecule has 3 aromatic carbocycles. The number of benzene rings is 3. The summed E-state index contributed by atoms with van der Waals surface area (Å²) >= 11 is 6.04. The van der Waals surface area contributed by atoms with E-state index in [1.807, 2.05) is 30.3 Å². The molecule has 30 heavy (non-hydrogen) atoms.